The highest BCUT2D eigenvalue weighted by atomic mass is 35.5. The molecule has 3 nitrogen and oxygen atoms in total. The second kappa shape index (κ2) is 6.15. The molecule has 1 amide bonds. The number of aliphatic hydroxyl groups excluding tert-OH is 1. The number of piperidine rings is 1. The van der Waals surface area contributed by atoms with Gasteiger partial charge in [-0.05, 0) is 50.3 Å². The summed E-state index contributed by atoms with van der Waals surface area (Å²) in [6, 6.07) is 7.51. The summed E-state index contributed by atoms with van der Waals surface area (Å²) in [4.78, 5) is 14.7. The average molecular weight is 296 g/mol. The second-order valence-electron chi connectivity index (χ2n) is 6.05. The molecule has 1 saturated heterocycles. The summed E-state index contributed by atoms with van der Waals surface area (Å²) in [6.07, 6.45) is 1.77. The summed E-state index contributed by atoms with van der Waals surface area (Å²) in [5.74, 6) is 0.476. The van der Waals surface area contributed by atoms with Gasteiger partial charge in [-0.1, -0.05) is 23.7 Å². The minimum atomic E-state index is -0.572. The fraction of sp³-hybridized carbons (Fsp3) is 0.562. The zero-order valence-electron chi connectivity index (χ0n) is 12.1. The lowest BCUT2D eigenvalue weighted by atomic mass is 9.82. The Morgan fingerprint density at radius 3 is 2.60 bits per heavy atom. The first-order chi connectivity index (χ1) is 9.45. The van der Waals surface area contributed by atoms with Crippen molar-refractivity contribution in [3.63, 3.8) is 0 Å². The fourth-order valence-electron chi connectivity index (χ4n) is 2.71. The van der Waals surface area contributed by atoms with E-state index in [0.717, 1.165) is 31.5 Å². The molecule has 110 valence electrons. The van der Waals surface area contributed by atoms with Gasteiger partial charge in [0.1, 0.15) is 0 Å². The molecule has 0 aromatic heterocycles. The molecule has 0 saturated carbocycles. The number of carbonyl (C=O) groups is 1. The molecule has 1 heterocycles. The van der Waals surface area contributed by atoms with Gasteiger partial charge < -0.3 is 10.0 Å². The quantitative estimate of drug-likeness (QED) is 0.931. The largest absolute Gasteiger partial charge is 0.396 e. The highest BCUT2D eigenvalue weighted by Crippen LogP contribution is 2.29. The minimum absolute atomic E-state index is 0.135. The summed E-state index contributed by atoms with van der Waals surface area (Å²) < 4.78 is 0. The topological polar surface area (TPSA) is 40.5 Å². The van der Waals surface area contributed by atoms with Crippen molar-refractivity contribution in [1.29, 1.82) is 0 Å². The van der Waals surface area contributed by atoms with Crippen molar-refractivity contribution in [2.24, 2.45) is 5.92 Å². The van der Waals surface area contributed by atoms with E-state index in [1.807, 2.05) is 43.0 Å². The highest BCUT2D eigenvalue weighted by Gasteiger charge is 2.35. The van der Waals surface area contributed by atoms with Gasteiger partial charge >= 0.3 is 0 Å². The van der Waals surface area contributed by atoms with Crippen LogP contribution in [0.25, 0.3) is 0 Å². The standard InChI is InChI=1S/C16H22ClNO2/c1-16(2,13-4-3-5-14(17)10-13)15(20)18-8-6-12(11-19)7-9-18/h3-5,10,12,19H,6-9,11H2,1-2H3. The third-order valence-corrected chi connectivity index (χ3v) is 4.48. The van der Waals surface area contributed by atoms with E-state index in [4.69, 9.17) is 16.7 Å². The molecule has 0 aliphatic carbocycles. The molecule has 2 rings (SSSR count). The maximum Gasteiger partial charge on any atom is 0.232 e. The van der Waals surface area contributed by atoms with Gasteiger partial charge in [-0.3, -0.25) is 4.79 Å². The van der Waals surface area contributed by atoms with Gasteiger partial charge in [0.05, 0.1) is 5.41 Å². The molecule has 0 atom stereocenters. The van der Waals surface area contributed by atoms with Crippen LogP contribution in [0.15, 0.2) is 24.3 Å². The smallest absolute Gasteiger partial charge is 0.232 e. The first kappa shape index (κ1) is 15.3. The summed E-state index contributed by atoms with van der Waals surface area (Å²) in [5.41, 5.74) is 0.371. The van der Waals surface area contributed by atoms with Gasteiger partial charge in [-0.15, -0.1) is 0 Å². The van der Waals surface area contributed by atoms with Gasteiger partial charge in [0.25, 0.3) is 0 Å². The van der Waals surface area contributed by atoms with Gasteiger partial charge in [0.15, 0.2) is 0 Å². The van der Waals surface area contributed by atoms with Crippen LogP contribution in [0.1, 0.15) is 32.3 Å². The monoisotopic (exact) mass is 295 g/mol. The van der Waals surface area contributed by atoms with Crippen molar-refractivity contribution in [1.82, 2.24) is 4.90 Å². The number of amides is 1. The molecule has 1 aliphatic heterocycles. The Labute approximate surface area is 125 Å². The third-order valence-electron chi connectivity index (χ3n) is 4.24. The van der Waals surface area contributed by atoms with E-state index in [1.165, 1.54) is 0 Å². The Balaban J connectivity index is 2.11. The Bertz CT molecular complexity index is 479. The Hall–Kier alpha value is -1.06. The molecule has 1 aromatic carbocycles. The molecular weight excluding hydrogens is 274 g/mol. The second-order valence-corrected chi connectivity index (χ2v) is 6.49. The summed E-state index contributed by atoms with van der Waals surface area (Å²) in [7, 11) is 0. The minimum Gasteiger partial charge on any atom is -0.396 e. The number of nitrogens with zero attached hydrogens (tertiary/aromatic N) is 1. The third kappa shape index (κ3) is 3.15. The van der Waals surface area contributed by atoms with Gasteiger partial charge in [0.2, 0.25) is 5.91 Å². The van der Waals surface area contributed by atoms with E-state index >= 15 is 0 Å². The Kier molecular flexibility index (Phi) is 4.71. The molecule has 1 fully saturated rings. The van der Waals surface area contributed by atoms with Crippen molar-refractivity contribution in [2.75, 3.05) is 19.7 Å². The van der Waals surface area contributed by atoms with Gasteiger partial charge in [-0.2, -0.15) is 0 Å². The molecule has 1 aliphatic rings. The number of rotatable bonds is 3. The van der Waals surface area contributed by atoms with Crippen LogP contribution in [0.2, 0.25) is 5.02 Å². The average Bonchev–Trinajstić information content (AvgIpc) is 2.46. The lowest BCUT2D eigenvalue weighted by Gasteiger charge is -2.36. The van der Waals surface area contributed by atoms with Crippen molar-refractivity contribution in [3.05, 3.63) is 34.9 Å². The lowest BCUT2D eigenvalue weighted by Crippen LogP contribution is -2.47. The van der Waals surface area contributed by atoms with Crippen LogP contribution >= 0.6 is 11.6 Å². The number of benzene rings is 1. The number of carbonyl (C=O) groups excluding carboxylic acids is 1. The van der Waals surface area contributed by atoms with Crippen LogP contribution in [0.3, 0.4) is 0 Å². The lowest BCUT2D eigenvalue weighted by molar-refractivity contribution is -0.137. The molecule has 4 heteroatoms. The predicted octanol–water partition coefficient (Wildman–Crippen LogP) is 2.85. The van der Waals surface area contributed by atoms with E-state index in [0.29, 0.717) is 10.9 Å². The van der Waals surface area contributed by atoms with Crippen LogP contribution in [0, 0.1) is 5.92 Å². The molecule has 1 N–H and O–H groups in total. The number of halogens is 1. The van der Waals surface area contributed by atoms with Crippen LogP contribution < -0.4 is 0 Å². The van der Waals surface area contributed by atoms with Crippen molar-refractivity contribution in [2.45, 2.75) is 32.1 Å². The number of hydrogen-bond acceptors (Lipinski definition) is 2. The van der Waals surface area contributed by atoms with E-state index in [2.05, 4.69) is 0 Å². The summed E-state index contributed by atoms with van der Waals surface area (Å²) in [6.45, 7) is 5.57. The van der Waals surface area contributed by atoms with Crippen LogP contribution in [0.5, 0.6) is 0 Å². The Morgan fingerprint density at radius 2 is 2.05 bits per heavy atom. The summed E-state index contributed by atoms with van der Waals surface area (Å²) >= 11 is 6.03. The van der Waals surface area contributed by atoms with E-state index in [1.54, 1.807) is 0 Å². The zero-order valence-corrected chi connectivity index (χ0v) is 12.9. The van der Waals surface area contributed by atoms with E-state index in [9.17, 15) is 4.79 Å². The number of hydrogen-bond donors (Lipinski definition) is 1. The highest BCUT2D eigenvalue weighted by molar-refractivity contribution is 6.30. The normalized spacial score (nSPS) is 17.3. The van der Waals surface area contributed by atoms with E-state index in [-0.39, 0.29) is 12.5 Å². The van der Waals surface area contributed by atoms with E-state index < -0.39 is 5.41 Å². The van der Waals surface area contributed by atoms with Crippen LogP contribution in [-0.4, -0.2) is 35.6 Å². The molecule has 0 spiro atoms. The molecule has 0 radical (unpaired) electrons. The predicted molar refractivity (Wildman–Crippen MR) is 80.9 cm³/mol. The first-order valence-corrected chi connectivity index (χ1v) is 7.49. The van der Waals surface area contributed by atoms with Crippen LogP contribution in [-0.2, 0) is 10.2 Å². The molecule has 1 aromatic rings. The van der Waals surface area contributed by atoms with Crippen molar-refractivity contribution < 1.29 is 9.90 Å². The van der Waals surface area contributed by atoms with Gasteiger partial charge in [-0.25, -0.2) is 0 Å². The van der Waals surface area contributed by atoms with Crippen molar-refractivity contribution in [3.8, 4) is 0 Å². The number of likely N-dealkylation sites (tertiary alicyclic amines) is 1. The summed E-state index contributed by atoms with van der Waals surface area (Å²) in [5, 5.41) is 9.82. The van der Waals surface area contributed by atoms with Crippen LogP contribution in [0.4, 0.5) is 0 Å². The molecular formula is C16H22ClNO2. The maximum absolute atomic E-state index is 12.7. The first-order valence-electron chi connectivity index (χ1n) is 7.11. The number of aliphatic hydroxyl groups is 1. The Morgan fingerprint density at radius 1 is 1.40 bits per heavy atom. The zero-order chi connectivity index (χ0) is 14.8. The molecule has 0 unspecified atom stereocenters. The SMILES string of the molecule is CC(C)(C(=O)N1CCC(CO)CC1)c1cccc(Cl)c1. The fourth-order valence-corrected chi connectivity index (χ4v) is 2.90. The maximum atomic E-state index is 12.7. The van der Waals surface area contributed by atoms with Crippen molar-refractivity contribution >= 4 is 17.5 Å². The van der Waals surface area contributed by atoms with Gasteiger partial charge in [0, 0.05) is 24.7 Å². The molecule has 0 bridgehead atoms. The molecule has 20 heavy (non-hydrogen) atoms.